The number of hydrogen-bond acceptors (Lipinski definition) is 0. The predicted octanol–water partition coefficient (Wildman–Crippen LogP) is 12.1. The molecule has 0 radical (unpaired) electrons. The second-order valence-electron chi connectivity index (χ2n) is 13.0. The van der Waals surface area contributed by atoms with E-state index in [4.69, 9.17) is 0 Å². The highest BCUT2D eigenvalue weighted by atomic mass is 15.0. The molecule has 46 heavy (non-hydrogen) atoms. The molecule has 1 aliphatic rings. The van der Waals surface area contributed by atoms with Gasteiger partial charge in [-0.25, -0.2) is 0 Å². The molecule has 7 aromatic carbocycles. The first-order chi connectivity index (χ1) is 22.6. The Morgan fingerprint density at radius 2 is 0.978 bits per heavy atom. The molecule has 0 aliphatic heterocycles. The van der Waals surface area contributed by atoms with E-state index in [0.717, 1.165) is 0 Å². The zero-order chi connectivity index (χ0) is 30.8. The standard InChI is InChI=1S/C45H33N/c1-45(2)40-22-11-9-21-39(40)43-41(45)25-24-38-37-20-10-12-23-42(37)46(44(38)43)36-28-34(31-16-7-4-8-17-31)27-35(29-36)33-19-13-18-32(26-33)30-14-5-3-6-15-30/h3-29H,1-2H3. The third-order valence-electron chi connectivity index (χ3n) is 9.97. The van der Waals surface area contributed by atoms with Gasteiger partial charge in [-0.2, -0.15) is 0 Å². The zero-order valence-corrected chi connectivity index (χ0v) is 26.0. The lowest BCUT2D eigenvalue weighted by molar-refractivity contribution is 0.661. The van der Waals surface area contributed by atoms with Crippen molar-refractivity contribution in [2.24, 2.45) is 0 Å². The average Bonchev–Trinajstić information content (AvgIpc) is 3.58. The van der Waals surface area contributed by atoms with Crippen LogP contribution in [0.25, 0.3) is 72.0 Å². The maximum absolute atomic E-state index is 2.53. The van der Waals surface area contributed by atoms with E-state index in [1.54, 1.807) is 0 Å². The maximum atomic E-state index is 2.53. The Bertz CT molecular complexity index is 2430. The Balaban J connectivity index is 1.37. The third-order valence-corrected chi connectivity index (χ3v) is 9.97. The Morgan fingerprint density at radius 3 is 1.74 bits per heavy atom. The van der Waals surface area contributed by atoms with E-state index >= 15 is 0 Å². The van der Waals surface area contributed by atoms with Gasteiger partial charge in [-0.05, 0) is 80.4 Å². The third kappa shape index (κ3) is 4.02. The van der Waals surface area contributed by atoms with Crippen LogP contribution in [0.5, 0.6) is 0 Å². The largest absolute Gasteiger partial charge is 0.309 e. The van der Waals surface area contributed by atoms with E-state index in [0.29, 0.717) is 0 Å². The molecule has 1 aromatic heterocycles. The molecule has 0 saturated carbocycles. The zero-order valence-electron chi connectivity index (χ0n) is 26.0. The Kier molecular flexibility index (Phi) is 5.92. The molecular formula is C45H33N. The second-order valence-corrected chi connectivity index (χ2v) is 13.0. The van der Waals surface area contributed by atoms with Gasteiger partial charge in [0.1, 0.15) is 0 Å². The van der Waals surface area contributed by atoms with Crippen LogP contribution in [-0.2, 0) is 5.41 Å². The summed E-state index contributed by atoms with van der Waals surface area (Å²) in [4.78, 5) is 0. The van der Waals surface area contributed by atoms with E-state index in [1.165, 1.54) is 83.1 Å². The first-order valence-electron chi connectivity index (χ1n) is 16.1. The summed E-state index contributed by atoms with van der Waals surface area (Å²) in [6.07, 6.45) is 0. The average molecular weight is 588 g/mol. The quantitative estimate of drug-likeness (QED) is 0.193. The summed E-state index contributed by atoms with van der Waals surface area (Å²) < 4.78 is 2.53. The van der Waals surface area contributed by atoms with Gasteiger partial charge in [0.25, 0.3) is 0 Å². The van der Waals surface area contributed by atoms with E-state index in [-0.39, 0.29) is 5.41 Å². The number of benzene rings is 7. The molecule has 9 rings (SSSR count). The molecule has 1 aliphatic carbocycles. The van der Waals surface area contributed by atoms with Crippen molar-refractivity contribution in [2.75, 3.05) is 0 Å². The fraction of sp³-hybridized carbons (Fsp3) is 0.0667. The van der Waals surface area contributed by atoms with Crippen LogP contribution in [0.4, 0.5) is 0 Å². The molecule has 0 N–H and O–H groups in total. The summed E-state index contributed by atoms with van der Waals surface area (Å²) >= 11 is 0. The fourth-order valence-corrected chi connectivity index (χ4v) is 7.72. The first-order valence-corrected chi connectivity index (χ1v) is 16.1. The van der Waals surface area contributed by atoms with Crippen molar-refractivity contribution in [1.29, 1.82) is 0 Å². The molecule has 0 amide bonds. The van der Waals surface area contributed by atoms with Gasteiger partial charge in [0.15, 0.2) is 0 Å². The summed E-state index contributed by atoms with van der Waals surface area (Å²) in [6.45, 7) is 4.73. The Labute approximate surface area is 270 Å². The van der Waals surface area contributed by atoms with Gasteiger partial charge in [-0.1, -0.05) is 147 Å². The van der Waals surface area contributed by atoms with Gasteiger partial charge in [0.05, 0.1) is 11.0 Å². The van der Waals surface area contributed by atoms with Crippen molar-refractivity contribution in [1.82, 2.24) is 4.57 Å². The summed E-state index contributed by atoms with van der Waals surface area (Å²) in [5.74, 6) is 0. The molecule has 218 valence electrons. The number of nitrogens with zero attached hydrogens (tertiary/aromatic N) is 1. The highest BCUT2D eigenvalue weighted by molar-refractivity contribution is 6.15. The molecule has 0 spiro atoms. The lowest BCUT2D eigenvalue weighted by Crippen LogP contribution is -2.14. The first kappa shape index (κ1) is 26.7. The van der Waals surface area contributed by atoms with Gasteiger partial charge >= 0.3 is 0 Å². The van der Waals surface area contributed by atoms with Gasteiger partial charge in [-0.15, -0.1) is 0 Å². The van der Waals surface area contributed by atoms with E-state index in [2.05, 4.69) is 182 Å². The molecular weight excluding hydrogens is 555 g/mol. The second kappa shape index (κ2) is 10.2. The number of hydrogen-bond donors (Lipinski definition) is 0. The normalized spacial score (nSPS) is 13.2. The van der Waals surface area contributed by atoms with Gasteiger partial charge < -0.3 is 4.57 Å². The lowest BCUT2D eigenvalue weighted by Gasteiger charge is -2.21. The summed E-state index contributed by atoms with van der Waals surface area (Å²) in [6, 6.07) is 60.1. The molecule has 1 heteroatoms. The summed E-state index contributed by atoms with van der Waals surface area (Å²) in [7, 11) is 0. The fourth-order valence-electron chi connectivity index (χ4n) is 7.72. The van der Waals surface area contributed by atoms with Crippen LogP contribution in [0.3, 0.4) is 0 Å². The molecule has 0 unspecified atom stereocenters. The van der Waals surface area contributed by atoms with Crippen LogP contribution in [0, 0.1) is 0 Å². The number of aromatic nitrogens is 1. The Hall–Kier alpha value is -5.66. The van der Waals surface area contributed by atoms with Crippen molar-refractivity contribution in [3.8, 4) is 50.2 Å². The molecule has 0 saturated heterocycles. The van der Waals surface area contributed by atoms with Crippen LogP contribution in [0.15, 0.2) is 164 Å². The number of para-hydroxylation sites is 1. The van der Waals surface area contributed by atoms with Crippen LogP contribution in [0.1, 0.15) is 25.0 Å². The molecule has 0 bridgehead atoms. The van der Waals surface area contributed by atoms with Gasteiger partial charge in [0, 0.05) is 27.4 Å². The monoisotopic (exact) mass is 587 g/mol. The van der Waals surface area contributed by atoms with Crippen LogP contribution < -0.4 is 0 Å². The van der Waals surface area contributed by atoms with Crippen LogP contribution in [-0.4, -0.2) is 4.57 Å². The predicted molar refractivity (Wildman–Crippen MR) is 195 cm³/mol. The van der Waals surface area contributed by atoms with Crippen LogP contribution >= 0.6 is 0 Å². The molecule has 8 aromatic rings. The minimum atomic E-state index is -0.0731. The smallest absolute Gasteiger partial charge is 0.0622 e. The molecule has 1 heterocycles. The van der Waals surface area contributed by atoms with Crippen LogP contribution in [0.2, 0.25) is 0 Å². The molecule has 0 fully saturated rings. The van der Waals surface area contributed by atoms with Crippen molar-refractivity contribution < 1.29 is 0 Å². The summed E-state index contributed by atoms with van der Waals surface area (Å²) in [5, 5.41) is 2.57. The van der Waals surface area contributed by atoms with Gasteiger partial charge in [-0.3, -0.25) is 0 Å². The van der Waals surface area contributed by atoms with Crippen molar-refractivity contribution in [3.05, 3.63) is 175 Å². The number of rotatable bonds is 4. The minimum absolute atomic E-state index is 0.0731. The van der Waals surface area contributed by atoms with Crippen molar-refractivity contribution in [2.45, 2.75) is 19.3 Å². The van der Waals surface area contributed by atoms with E-state index < -0.39 is 0 Å². The number of fused-ring (bicyclic) bond motifs is 7. The topological polar surface area (TPSA) is 4.93 Å². The lowest BCUT2D eigenvalue weighted by atomic mass is 9.82. The van der Waals surface area contributed by atoms with Crippen molar-refractivity contribution >= 4 is 21.8 Å². The minimum Gasteiger partial charge on any atom is -0.309 e. The SMILES string of the molecule is CC1(C)c2ccccc2-c2c1ccc1c3ccccc3n(-c3cc(-c4ccccc4)cc(-c4cccc(-c5ccccc5)c4)c3)c21. The van der Waals surface area contributed by atoms with Gasteiger partial charge in [0.2, 0.25) is 0 Å². The van der Waals surface area contributed by atoms with E-state index in [9.17, 15) is 0 Å². The highest BCUT2D eigenvalue weighted by Gasteiger charge is 2.37. The highest BCUT2D eigenvalue weighted by Crippen LogP contribution is 2.53. The molecule has 0 atom stereocenters. The molecule has 1 nitrogen and oxygen atoms in total. The summed E-state index contributed by atoms with van der Waals surface area (Å²) in [5.41, 5.74) is 16.4. The van der Waals surface area contributed by atoms with E-state index in [1.807, 2.05) is 0 Å². The van der Waals surface area contributed by atoms with Crippen molar-refractivity contribution in [3.63, 3.8) is 0 Å². The maximum Gasteiger partial charge on any atom is 0.0622 e. The Morgan fingerprint density at radius 1 is 0.413 bits per heavy atom.